The number of rotatable bonds is 4. The molecule has 0 unspecified atom stereocenters. The molecule has 2 rings (SSSR count). The van der Waals surface area contributed by atoms with Crippen LogP contribution in [0.1, 0.15) is 15.9 Å². The summed E-state index contributed by atoms with van der Waals surface area (Å²) in [5, 5.41) is 8.80. The van der Waals surface area contributed by atoms with Crippen LogP contribution in [0.3, 0.4) is 0 Å². The van der Waals surface area contributed by atoms with Gasteiger partial charge in [0.05, 0.1) is 5.56 Å². The van der Waals surface area contributed by atoms with Crippen molar-refractivity contribution in [3.8, 4) is 0 Å². The molecule has 0 aliphatic rings. The lowest BCUT2D eigenvalue weighted by Crippen LogP contribution is -1.95. The summed E-state index contributed by atoms with van der Waals surface area (Å²) in [5.41, 5.74) is 6.94. The Morgan fingerprint density at radius 1 is 1.00 bits per heavy atom. The molecule has 0 heterocycles. The molecule has 0 amide bonds. The van der Waals surface area contributed by atoms with E-state index in [9.17, 15) is 4.79 Å². The molecule has 3 nitrogen and oxygen atoms in total. The second-order valence-corrected chi connectivity index (χ2v) is 4.93. The van der Waals surface area contributed by atoms with Gasteiger partial charge in [-0.2, -0.15) is 0 Å². The van der Waals surface area contributed by atoms with Crippen molar-refractivity contribution in [3.63, 3.8) is 0 Å². The predicted molar refractivity (Wildman–Crippen MR) is 71.9 cm³/mol. The van der Waals surface area contributed by atoms with Crippen molar-refractivity contribution < 1.29 is 9.90 Å². The number of nitrogens with two attached hydrogens (primary N) is 1. The van der Waals surface area contributed by atoms with E-state index in [4.69, 9.17) is 10.8 Å². The highest BCUT2D eigenvalue weighted by Crippen LogP contribution is 2.27. The third-order valence-corrected chi connectivity index (χ3v) is 3.51. The number of carboxylic acid groups (broad SMARTS) is 1. The molecular formula is C14H13NO2S. The maximum absolute atomic E-state index is 10.7. The zero-order valence-corrected chi connectivity index (χ0v) is 10.5. The first kappa shape index (κ1) is 12.7. The average Bonchev–Trinajstić information content (AvgIpc) is 2.40. The molecule has 0 bridgehead atoms. The van der Waals surface area contributed by atoms with E-state index in [0.717, 1.165) is 15.4 Å². The zero-order valence-electron chi connectivity index (χ0n) is 9.67. The highest BCUT2D eigenvalue weighted by molar-refractivity contribution is 7.99. The summed E-state index contributed by atoms with van der Waals surface area (Å²) in [6.45, 7) is 0.540. The van der Waals surface area contributed by atoms with E-state index in [1.54, 1.807) is 23.9 Å². The fourth-order valence-corrected chi connectivity index (χ4v) is 2.31. The van der Waals surface area contributed by atoms with Gasteiger partial charge < -0.3 is 10.8 Å². The third-order valence-electron chi connectivity index (χ3n) is 2.50. The summed E-state index contributed by atoms with van der Waals surface area (Å²) < 4.78 is 0. The first-order chi connectivity index (χ1) is 8.69. The van der Waals surface area contributed by atoms with Gasteiger partial charge in [-0.15, -0.1) is 0 Å². The van der Waals surface area contributed by atoms with Gasteiger partial charge in [-0.1, -0.05) is 23.9 Å². The first-order valence-corrected chi connectivity index (χ1v) is 6.31. The molecule has 92 valence electrons. The fraction of sp³-hybridized carbons (Fsp3) is 0.0714. The van der Waals surface area contributed by atoms with Gasteiger partial charge in [0.15, 0.2) is 0 Å². The Kier molecular flexibility index (Phi) is 4.02. The molecule has 0 aliphatic carbocycles. The molecule has 3 N–H and O–H groups in total. The van der Waals surface area contributed by atoms with E-state index in [2.05, 4.69) is 0 Å². The molecule has 0 spiro atoms. The van der Waals surface area contributed by atoms with Crippen molar-refractivity contribution in [2.75, 3.05) is 0 Å². The normalized spacial score (nSPS) is 10.3. The van der Waals surface area contributed by atoms with Crippen LogP contribution in [-0.4, -0.2) is 11.1 Å². The molecule has 0 saturated heterocycles. The van der Waals surface area contributed by atoms with Gasteiger partial charge in [-0.25, -0.2) is 4.79 Å². The Morgan fingerprint density at radius 3 is 1.94 bits per heavy atom. The van der Waals surface area contributed by atoms with E-state index in [0.29, 0.717) is 12.1 Å². The molecule has 2 aromatic carbocycles. The summed E-state index contributed by atoms with van der Waals surface area (Å²) in [7, 11) is 0. The number of carbonyl (C=O) groups is 1. The van der Waals surface area contributed by atoms with Gasteiger partial charge >= 0.3 is 5.97 Å². The summed E-state index contributed by atoms with van der Waals surface area (Å²) >= 11 is 1.59. The van der Waals surface area contributed by atoms with Crippen LogP contribution in [-0.2, 0) is 6.54 Å². The van der Waals surface area contributed by atoms with Crippen LogP contribution < -0.4 is 5.73 Å². The van der Waals surface area contributed by atoms with Crippen molar-refractivity contribution in [2.45, 2.75) is 16.3 Å². The lowest BCUT2D eigenvalue weighted by molar-refractivity contribution is 0.0697. The maximum Gasteiger partial charge on any atom is 0.335 e. The Labute approximate surface area is 110 Å². The molecule has 0 radical (unpaired) electrons. The fourth-order valence-electron chi connectivity index (χ4n) is 1.50. The van der Waals surface area contributed by atoms with Gasteiger partial charge in [0.1, 0.15) is 0 Å². The van der Waals surface area contributed by atoms with Crippen LogP contribution in [0.25, 0.3) is 0 Å². The molecule has 0 fully saturated rings. The second kappa shape index (κ2) is 5.71. The highest BCUT2D eigenvalue weighted by atomic mass is 32.2. The Balaban J connectivity index is 2.10. The van der Waals surface area contributed by atoms with Crippen LogP contribution in [0.15, 0.2) is 58.3 Å². The topological polar surface area (TPSA) is 63.3 Å². The quantitative estimate of drug-likeness (QED) is 0.886. The Morgan fingerprint density at radius 2 is 1.50 bits per heavy atom. The lowest BCUT2D eigenvalue weighted by atomic mass is 10.2. The van der Waals surface area contributed by atoms with Crippen molar-refractivity contribution in [2.24, 2.45) is 5.73 Å². The van der Waals surface area contributed by atoms with Gasteiger partial charge in [0, 0.05) is 16.3 Å². The molecule has 0 saturated carbocycles. The van der Waals surface area contributed by atoms with E-state index in [1.807, 2.05) is 36.4 Å². The summed E-state index contributed by atoms with van der Waals surface area (Å²) in [6.07, 6.45) is 0. The first-order valence-electron chi connectivity index (χ1n) is 5.49. The molecule has 4 heteroatoms. The largest absolute Gasteiger partial charge is 0.478 e. The van der Waals surface area contributed by atoms with Crippen LogP contribution in [0.2, 0.25) is 0 Å². The highest BCUT2D eigenvalue weighted by Gasteiger charge is 2.02. The van der Waals surface area contributed by atoms with Gasteiger partial charge in [-0.3, -0.25) is 0 Å². The Hall–Kier alpha value is -1.78. The summed E-state index contributed by atoms with van der Waals surface area (Å²) in [4.78, 5) is 12.8. The van der Waals surface area contributed by atoms with Crippen molar-refractivity contribution >= 4 is 17.7 Å². The third kappa shape index (κ3) is 3.12. The van der Waals surface area contributed by atoms with E-state index >= 15 is 0 Å². The minimum atomic E-state index is -0.904. The number of aromatic carboxylic acids is 1. The van der Waals surface area contributed by atoms with Crippen molar-refractivity contribution in [1.29, 1.82) is 0 Å². The number of hydrogen-bond acceptors (Lipinski definition) is 3. The molecule has 0 aromatic heterocycles. The standard InChI is InChI=1S/C14H13NO2S/c15-9-10-1-5-12(6-2-10)18-13-7-3-11(4-8-13)14(16)17/h1-8H,9,15H2,(H,16,17). The minimum absolute atomic E-state index is 0.304. The SMILES string of the molecule is NCc1ccc(Sc2ccc(C(=O)O)cc2)cc1. The molecule has 2 aromatic rings. The van der Waals surface area contributed by atoms with Gasteiger partial charge in [0.25, 0.3) is 0 Å². The zero-order chi connectivity index (χ0) is 13.0. The van der Waals surface area contributed by atoms with Crippen LogP contribution in [0, 0.1) is 0 Å². The summed E-state index contributed by atoms with van der Waals surface area (Å²) in [5.74, 6) is -0.904. The average molecular weight is 259 g/mol. The number of benzene rings is 2. The minimum Gasteiger partial charge on any atom is -0.478 e. The number of hydrogen-bond donors (Lipinski definition) is 2. The van der Waals surface area contributed by atoms with Gasteiger partial charge in [-0.05, 0) is 42.0 Å². The molecule has 18 heavy (non-hydrogen) atoms. The van der Waals surface area contributed by atoms with Crippen LogP contribution in [0.5, 0.6) is 0 Å². The van der Waals surface area contributed by atoms with Crippen molar-refractivity contribution in [3.05, 3.63) is 59.7 Å². The lowest BCUT2D eigenvalue weighted by Gasteiger charge is -2.03. The van der Waals surface area contributed by atoms with E-state index < -0.39 is 5.97 Å². The van der Waals surface area contributed by atoms with E-state index in [1.165, 1.54) is 0 Å². The number of carboxylic acids is 1. The van der Waals surface area contributed by atoms with Crippen LogP contribution in [0.4, 0.5) is 0 Å². The second-order valence-electron chi connectivity index (χ2n) is 3.78. The predicted octanol–water partition coefficient (Wildman–Crippen LogP) is 2.99. The smallest absolute Gasteiger partial charge is 0.335 e. The molecular weight excluding hydrogens is 246 g/mol. The molecule has 0 aliphatic heterocycles. The maximum atomic E-state index is 10.7. The molecule has 0 atom stereocenters. The summed E-state index contributed by atoms with van der Waals surface area (Å²) in [6, 6.07) is 14.9. The van der Waals surface area contributed by atoms with E-state index in [-0.39, 0.29) is 0 Å². The van der Waals surface area contributed by atoms with Crippen LogP contribution >= 0.6 is 11.8 Å². The van der Waals surface area contributed by atoms with Crippen molar-refractivity contribution in [1.82, 2.24) is 0 Å². The monoisotopic (exact) mass is 259 g/mol. The Bertz CT molecular complexity index is 535. The van der Waals surface area contributed by atoms with Gasteiger partial charge in [0.2, 0.25) is 0 Å².